The molecule has 6 heteroatoms. The summed E-state index contributed by atoms with van der Waals surface area (Å²) in [6.45, 7) is 2.01. The first-order valence-electron chi connectivity index (χ1n) is 5.54. The molecular weight excluding hydrogens is 254 g/mol. The van der Waals surface area contributed by atoms with E-state index in [1.165, 1.54) is 12.1 Å². The van der Waals surface area contributed by atoms with E-state index in [9.17, 15) is 14.9 Å². The van der Waals surface area contributed by atoms with E-state index in [0.29, 0.717) is 17.7 Å². The Kier molecular flexibility index (Phi) is 5.64. The lowest BCUT2D eigenvalue weighted by Crippen LogP contribution is -2.07. The maximum atomic E-state index is 12.0. The molecule has 0 bridgehead atoms. The van der Waals surface area contributed by atoms with Gasteiger partial charge in [0.1, 0.15) is 0 Å². The second-order valence-corrected chi connectivity index (χ2v) is 4.50. The van der Waals surface area contributed by atoms with Crippen LogP contribution in [-0.4, -0.2) is 29.3 Å². The van der Waals surface area contributed by atoms with Crippen LogP contribution in [0.15, 0.2) is 18.2 Å². The number of hydrogen-bond acceptors (Lipinski definition) is 5. The quantitative estimate of drug-likeness (QED) is 0.432. The average Bonchev–Trinajstić information content (AvgIpc) is 2.36. The van der Waals surface area contributed by atoms with Crippen LogP contribution >= 0.6 is 11.8 Å². The Hall–Kier alpha value is -1.56. The highest BCUT2D eigenvalue weighted by atomic mass is 32.2. The predicted octanol–water partition coefficient (Wildman–Crippen LogP) is 2.93. The first kappa shape index (κ1) is 14.5. The molecular formula is C12H15NO4S. The largest absolute Gasteiger partial charge is 0.487 e. The summed E-state index contributed by atoms with van der Waals surface area (Å²) in [6, 6.07) is 4.42. The number of carbonyl (C=O) groups excluding carboxylic acids is 1. The Labute approximate surface area is 110 Å². The Morgan fingerprint density at radius 1 is 1.50 bits per heavy atom. The van der Waals surface area contributed by atoms with Crippen LogP contribution < -0.4 is 4.74 Å². The number of nitrogens with zero attached hydrogens (tertiary/aromatic N) is 1. The van der Waals surface area contributed by atoms with Gasteiger partial charge in [-0.25, -0.2) is 0 Å². The van der Waals surface area contributed by atoms with Crippen molar-refractivity contribution >= 4 is 23.2 Å². The van der Waals surface area contributed by atoms with E-state index in [4.69, 9.17) is 4.74 Å². The molecule has 1 rings (SSSR count). The monoisotopic (exact) mass is 269 g/mol. The van der Waals surface area contributed by atoms with Gasteiger partial charge in [-0.05, 0) is 19.2 Å². The van der Waals surface area contributed by atoms with E-state index in [-0.39, 0.29) is 23.8 Å². The molecule has 5 nitrogen and oxygen atoms in total. The van der Waals surface area contributed by atoms with Crippen molar-refractivity contribution < 1.29 is 14.5 Å². The lowest BCUT2D eigenvalue weighted by Gasteiger charge is -2.09. The minimum Gasteiger partial charge on any atom is -0.487 e. The zero-order valence-electron chi connectivity index (χ0n) is 10.3. The molecule has 0 amide bonds. The summed E-state index contributed by atoms with van der Waals surface area (Å²) in [7, 11) is 0. The van der Waals surface area contributed by atoms with Crippen LogP contribution in [0.5, 0.6) is 5.75 Å². The fourth-order valence-corrected chi connectivity index (χ4v) is 1.90. The lowest BCUT2D eigenvalue weighted by atomic mass is 10.1. The van der Waals surface area contributed by atoms with Crippen LogP contribution in [-0.2, 0) is 0 Å². The molecule has 18 heavy (non-hydrogen) atoms. The standard InChI is InChI=1S/C12H15NO4S/c1-3-17-12-9(11(14)7-8-18-2)5-4-6-10(12)13(15)16/h4-6H,3,7-8H2,1-2H3. The lowest BCUT2D eigenvalue weighted by molar-refractivity contribution is -0.385. The van der Waals surface area contributed by atoms with Crippen molar-refractivity contribution in [3.05, 3.63) is 33.9 Å². The highest BCUT2D eigenvalue weighted by Crippen LogP contribution is 2.31. The molecule has 0 N–H and O–H groups in total. The fraction of sp³-hybridized carbons (Fsp3) is 0.417. The number of benzene rings is 1. The van der Waals surface area contributed by atoms with Gasteiger partial charge in [0.25, 0.3) is 0 Å². The molecule has 0 aliphatic carbocycles. The van der Waals surface area contributed by atoms with Crippen molar-refractivity contribution in [1.29, 1.82) is 0 Å². The summed E-state index contributed by atoms with van der Waals surface area (Å²) in [5, 5.41) is 10.9. The van der Waals surface area contributed by atoms with E-state index >= 15 is 0 Å². The molecule has 0 aromatic heterocycles. The van der Waals surface area contributed by atoms with Gasteiger partial charge in [-0.2, -0.15) is 11.8 Å². The van der Waals surface area contributed by atoms with Crippen molar-refractivity contribution in [3.63, 3.8) is 0 Å². The summed E-state index contributed by atoms with van der Waals surface area (Å²) < 4.78 is 5.26. The van der Waals surface area contributed by atoms with Crippen molar-refractivity contribution in [3.8, 4) is 5.75 Å². The molecule has 0 heterocycles. The molecule has 0 aliphatic rings. The number of rotatable bonds is 7. The zero-order chi connectivity index (χ0) is 13.5. The molecule has 0 saturated carbocycles. The molecule has 0 atom stereocenters. The second kappa shape index (κ2) is 7.00. The summed E-state index contributed by atoms with van der Waals surface area (Å²) in [4.78, 5) is 22.3. The van der Waals surface area contributed by atoms with Crippen molar-refractivity contribution in [2.45, 2.75) is 13.3 Å². The number of thioether (sulfide) groups is 1. The van der Waals surface area contributed by atoms with Crippen LogP contribution in [0.25, 0.3) is 0 Å². The maximum Gasteiger partial charge on any atom is 0.311 e. The summed E-state index contributed by atoms with van der Waals surface area (Å²) in [5.74, 6) is 0.639. The molecule has 98 valence electrons. The number of nitro benzene ring substituents is 1. The van der Waals surface area contributed by atoms with Gasteiger partial charge in [0.05, 0.1) is 17.1 Å². The van der Waals surface area contributed by atoms with Gasteiger partial charge in [0.15, 0.2) is 5.78 Å². The van der Waals surface area contributed by atoms with Crippen LogP contribution in [0.1, 0.15) is 23.7 Å². The minimum atomic E-state index is -0.531. The Morgan fingerprint density at radius 2 is 2.22 bits per heavy atom. The fourth-order valence-electron chi connectivity index (χ4n) is 1.51. The van der Waals surface area contributed by atoms with E-state index in [0.717, 1.165) is 0 Å². The smallest absolute Gasteiger partial charge is 0.311 e. The van der Waals surface area contributed by atoms with Crippen LogP contribution in [0.3, 0.4) is 0 Å². The average molecular weight is 269 g/mol. The van der Waals surface area contributed by atoms with Gasteiger partial charge in [-0.15, -0.1) is 0 Å². The zero-order valence-corrected chi connectivity index (χ0v) is 11.2. The van der Waals surface area contributed by atoms with Crippen molar-refractivity contribution in [2.24, 2.45) is 0 Å². The van der Waals surface area contributed by atoms with E-state index in [2.05, 4.69) is 0 Å². The molecule has 0 saturated heterocycles. The summed E-state index contributed by atoms with van der Waals surface area (Å²) >= 11 is 1.56. The van der Waals surface area contributed by atoms with Crippen LogP contribution in [0.4, 0.5) is 5.69 Å². The first-order chi connectivity index (χ1) is 8.61. The highest BCUT2D eigenvalue weighted by molar-refractivity contribution is 7.98. The third-order valence-corrected chi connectivity index (χ3v) is 2.93. The molecule has 0 unspecified atom stereocenters. The van der Waals surface area contributed by atoms with Gasteiger partial charge >= 0.3 is 5.69 Å². The van der Waals surface area contributed by atoms with Gasteiger partial charge in [0.2, 0.25) is 5.75 Å². The maximum absolute atomic E-state index is 12.0. The molecule has 0 radical (unpaired) electrons. The molecule has 1 aromatic rings. The normalized spacial score (nSPS) is 10.1. The number of carbonyl (C=O) groups is 1. The van der Waals surface area contributed by atoms with E-state index in [1.54, 1.807) is 24.8 Å². The van der Waals surface area contributed by atoms with Gasteiger partial charge in [-0.3, -0.25) is 14.9 Å². The predicted molar refractivity (Wildman–Crippen MR) is 71.6 cm³/mol. The Bertz CT molecular complexity index is 448. The molecule has 1 aromatic carbocycles. The Balaban J connectivity index is 3.13. The third-order valence-electron chi connectivity index (χ3n) is 2.31. The molecule has 0 fully saturated rings. The topological polar surface area (TPSA) is 69.4 Å². The summed E-state index contributed by atoms with van der Waals surface area (Å²) in [6.07, 6.45) is 2.26. The van der Waals surface area contributed by atoms with Gasteiger partial charge in [-0.1, -0.05) is 6.07 Å². The number of hydrogen-bond donors (Lipinski definition) is 0. The number of para-hydroxylation sites is 1. The van der Waals surface area contributed by atoms with Crippen LogP contribution in [0, 0.1) is 10.1 Å². The number of ketones is 1. The van der Waals surface area contributed by atoms with Crippen molar-refractivity contribution in [2.75, 3.05) is 18.6 Å². The van der Waals surface area contributed by atoms with Crippen LogP contribution in [0.2, 0.25) is 0 Å². The summed E-state index contributed by atoms with van der Waals surface area (Å²) in [5.41, 5.74) is 0.131. The van der Waals surface area contributed by atoms with Crippen molar-refractivity contribution in [1.82, 2.24) is 0 Å². The van der Waals surface area contributed by atoms with E-state index < -0.39 is 4.92 Å². The highest BCUT2D eigenvalue weighted by Gasteiger charge is 2.22. The van der Waals surface area contributed by atoms with Gasteiger partial charge in [0, 0.05) is 18.2 Å². The molecule has 0 spiro atoms. The second-order valence-electron chi connectivity index (χ2n) is 3.51. The SMILES string of the molecule is CCOc1c(C(=O)CCSC)cccc1[N+](=O)[O-]. The first-order valence-corrected chi connectivity index (χ1v) is 6.93. The van der Waals surface area contributed by atoms with Gasteiger partial charge < -0.3 is 4.74 Å². The molecule has 0 aliphatic heterocycles. The number of Topliss-reactive ketones (excluding diaryl/α,β-unsaturated/α-hetero) is 1. The minimum absolute atomic E-state index is 0.0797. The number of ether oxygens (including phenoxy) is 1. The number of nitro groups is 1. The third kappa shape index (κ3) is 3.46. The Morgan fingerprint density at radius 3 is 2.78 bits per heavy atom. The van der Waals surface area contributed by atoms with E-state index in [1.807, 2.05) is 6.26 Å².